The third-order valence-electron chi connectivity index (χ3n) is 4.99. The smallest absolute Gasteiger partial charge is 0.323 e. The Hall–Kier alpha value is -2.89. The Kier molecular flexibility index (Phi) is 6.25. The summed E-state index contributed by atoms with van der Waals surface area (Å²) in [4.78, 5) is 24.3. The Balaban J connectivity index is 1.35. The first-order valence-corrected chi connectivity index (χ1v) is 10.5. The Morgan fingerprint density at radius 2 is 2.00 bits per heavy atom. The van der Waals surface area contributed by atoms with Crippen LogP contribution >= 0.6 is 11.3 Å². The number of nitrogens with one attached hydrogen (secondary N) is 1. The van der Waals surface area contributed by atoms with Gasteiger partial charge in [0.2, 0.25) is 0 Å². The van der Waals surface area contributed by atoms with Gasteiger partial charge in [-0.15, -0.1) is 0 Å². The summed E-state index contributed by atoms with van der Waals surface area (Å²) in [7, 11) is 0. The number of carbonyl (C=O) groups excluding carboxylic acids is 1. The molecule has 0 radical (unpaired) electrons. The number of nitrogens with zero attached hydrogens (tertiary/aromatic N) is 4. The van der Waals surface area contributed by atoms with Crippen LogP contribution < -0.4 is 10.2 Å². The molecule has 1 fully saturated rings. The van der Waals surface area contributed by atoms with Crippen LogP contribution in [0.4, 0.5) is 24.5 Å². The molecule has 8 nitrogen and oxygen atoms in total. The number of hydrogen-bond donors (Lipinski definition) is 3. The van der Waals surface area contributed by atoms with E-state index in [1.807, 2.05) is 0 Å². The van der Waals surface area contributed by atoms with Crippen molar-refractivity contribution in [2.75, 3.05) is 43.0 Å². The van der Waals surface area contributed by atoms with Crippen molar-refractivity contribution >= 4 is 38.5 Å². The van der Waals surface area contributed by atoms with Crippen LogP contribution in [-0.2, 0) is 6.42 Å². The number of aliphatic hydroxyl groups is 2. The highest BCUT2D eigenvalue weighted by Gasteiger charge is 2.24. The molecule has 164 valence electrons. The summed E-state index contributed by atoms with van der Waals surface area (Å²) < 4.78 is 28.6. The van der Waals surface area contributed by atoms with E-state index in [0.29, 0.717) is 42.4 Å². The summed E-state index contributed by atoms with van der Waals surface area (Å²) in [6.45, 7) is 1.15. The van der Waals surface area contributed by atoms with Crippen molar-refractivity contribution < 1.29 is 23.8 Å². The normalized spacial score (nSPS) is 15.4. The second kappa shape index (κ2) is 9.08. The zero-order valence-corrected chi connectivity index (χ0v) is 17.3. The van der Waals surface area contributed by atoms with Crippen LogP contribution in [0.25, 0.3) is 10.2 Å². The number of anilines is 2. The van der Waals surface area contributed by atoms with Crippen molar-refractivity contribution in [3.05, 3.63) is 47.7 Å². The zero-order valence-electron chi connectivity index (χ0n) is 16.5. The van der Waals surface area contributed by atoms with Gasteiger partial charge in [-0.3, -0.25) is 5.32 Å². The number of thiazole rings is 1. The molecule has 1 aliphatic rings. The van der Waals surface area contributed by atoms with E-state index in [4.69, 9.17) is 5.11 Å². The highest BCUT2D eigenvalue weighted by atomic mass is 32.1. The van der Waals surface area contributed by atoms with E-state index in [0.717, 1.165) is 4.70 Å². The summed E-state index contributed by atoms with van der Waals surface area (Å²) in [5.41, 5.74) is 0.984. The lowest BCUT2D eigenvalue weighted by atomic mass is 10.1. The lowest BCUT2D eigenvalue weighted by Crippen LogP contribution is -2.50. The van der Waals surface area contributed by atoms with Gasteiger partial charge in [0.1, 0.15) is 5.82 Å². The summed E-state index contributed by atoms with van der Waals surface area (Å²) >= 11 is 1.26. The molecule has 1 aliphatic heterocycles. The largest absolute Gasteiger partial charge is 0.394 e. The molecule has 31 heavy (non-hydrogen) atoms. The average molecular weight is 449 g/mol. The highest BCUT2D eigenvalue weighted by Crippen LogP contribution is 2.27. The van der Waals surface area contributed by atoms with Crippen LogP contribution in [0.1, 0.15) is 5.56 Å². The van der Waals surface area contributed by atoms with Gasteiger partial charge >= 0.3 is 6.03 Å². The number of piperazine rings is 1. The fourth-order valence-electron chi connectivity index (χ4n) is 3.40. The Labute approximate surface area is 180 Å². The van der Waals surface area contributed by atoms with Crippen molar-refractivity contribution in [2.45, 2.75) is 12.5 Å². The van der Waals surface area contributed by atoms with Crippen LogP contribution in [0.2, 0.25) is 0 Å². The molecule has 0 unspecified atom stereocenters. The van der Waals surface area contributed by atoms with E-state index in [2.05, 4.69) is 15.3 Å². The minimum absolute atomic E-state index is 0.118. The highest BCUT2D eigenvalue weighted by molar-refractivity contribution is 7.22. The van der Waals surface area contributed by atoms with Crippen LogP contribution in [0.3, 0.4) is 0 Å². The van der Waals surface area contributed by atoms with Gasteiger partial charge in [-0.1, -0.05) is 11.3 Å². The molecule has 0 saturated carbocycles. The van der Waals surface area contributed by atoms with Gasteiger partial charge < -0.3 is 20.0 Å². The molecule has 3 aromatic rings. The van der Waals surface area contributed by atoms with Gasteiger partial charge in [-0.05, 0) is 23.8 Å². The molecule has 1 saturated heterocycles. The molecule has 0 aliphatic carbocycles. The number of fused-ring (bicyclic) bond motifs is 1. The Bertz CT molecular complexity index is 1090. The topological polar surface area (TPSA) is 102 Å². The molecule has 2 aromatic heterocycles. The lowest BCUT2D eigenvalue weighted by molar-refractivity contribution is 0.0954. The minimum atomic E-state index is -0.955. The molecule has 1 atom stereocenters. The van der Waals surface area contributed by atoms with E-state index in [1.165, 1.54) is 35.7 Å². The monoisotopic (exact) mass is 449 g/mol. The number of rotatable bonds is 5. The van der Waals surface area contributed by atoms with Crippen LogP contribution in [-0.4, -0.2) is 70.0 Å². The number of pyridine rings is 1. The molecule has 11 heteroatoms. The zero-order chi connectivity index (χ0) is 22.0. The number of carbonyl (C=O) groups is 1. The van der Waals surface area contributed by atoms with Gasteiger partial charge in [0.15, 0.2) is 16.8 Å². The molecule has 4 rings (SSSR count). The summed E-state index contributed by atoms with van der Waals surface area (Å²) in [6.07, 6.45) is 0.642. The van der Waals surface area contributed by atoms with Crippen LogP contribution in [0.15, 0.2) is 30.5 Å². The Morgan fingerprint density at radius 1 is 1.23 bits per heavy atom. The van der Waals surface area contributed by atoms with Crippen molar-refractivity contribution in [1.82, 2.24) is 14.9 Å². The van der Waals surface area contributed by atoms with Crippen molar-refractivity contribution in [1.29, 1.82) is 0 Å². The first-order valence-electron chi connectivity index (χ1n) is 9.73. The SMILES string of the molecule is O=C(Nc1nc2cc(F)ccc2s1)N1CCN(c2ncc(C[C@@H](O)CO)cc2F)CC1. The van der Waals surface area contributed by atoms with Gasteiger partial charge in [-0.2, -0.15) is 0 Å². The number of hydrogen-bond acceptors (Lipinski definition) is 7. The van der Waals surface area contributed by atoms with E-state index in [9.17, 15) is 18.7 Å². The fraction of sp³-hybridized carbons (Fsp3) is 0.350. The van der Waals surface area contributed by atoms with E-state index in [-0.39, 0.29) is 24.1 Å². The number of aliphatic hydroxyl groups excluding tert-OH is 2. The molecular formula is C20H21F2N5O3S. The molecule has 1 aromatic carbocycles. The quantitative estimate of drug-likeness (QED) is 0.552. The predicted octanol–water partition coefficient (Wildman–Crippen LogP) is 2.22. The Morgan fingerprint density at radius 3 is 2.71 bits per heavy atom. The van der Waals surface area contributed by atoms with Crippen LogP contribution in [0, 0.1) is 11.6 Å². The van der Waals surface area contributed by atoms with E-state index >= 15 is 0 Å². The second-order valence-electron chi connectivity index (χ2n) is 7.22. The van der Waals surface area contributed by atoms with Crippen LogP contribution in [0.5, 0.6) is 0 Å². The van der Waals surface area contributed by atoms with Gasteiger partial charge in [0, 0.05) is 44.9 Å². The maximum atomic E-state index is 14.5. The third-order valence-corrected chi connectivity index (χ3v) is 5.94. The van der Waals surface area contributed by atoms with Crippen molar-refractivity contribution in [3.63, 3.8) is 0 Å². The maximum absolute atomic E-state index is 14.5. The molecule has 2 amide bonds. The minimum Gasteiger partial charge on any atom is -0.394 e. The van der Waals surface area contributed by atoms with Gasteiger partial charge in [0.05, 0.1) is 22.9 Å². The molecule has 0 bridgehead atoms. The summed E-state index contributed by atoms with van der Waals surface area (Å²) in [6, 6.07) is 5.27. The molecule has 3 N–H and O–H groups in total. The number of amides is 2. The van der Waals surface area contributed by atoms with E-state index in [1.54, 1.807) is 15.9 Å². The first kappa shape index (κ1) is 21.3. The second-order valence-corrected chi connectivity index (χ2v) is 8.26. The molecule has 0 spiro atoms. The lowest BCUT2D eigenvalue weighted by Gasteiger charge is -2.35. The van der Waals surface area contributed by atoms with Gasteiger partial charge in [-0.25, -0.2) is 23.5 Å². The average Bonchev–Trinajstić information content (AvgIpc) is 3.15. The number of benzene rings is 1. The van der Waals surface area contributed by atoms with Gasteiger partial charge in [0.25, 0.3) is 0 Å². The first-order chi connectivity index (χ1) is 14.9. The number of halogens is 2. The standard InChI is InChI=1S/C20H21F2N5O3S/c21-13-1-2-17-16(9-13)24-19(31-17)25-20(30)27-5-3-26(4-6-27)18-15(22)8-12(10-23-18)7-14(29)11-28/h1-2,8-10,14,28-29H,3-7,11H2,(H,24,25,30)/t14-/m1/s1. The van der Waals surface area contributed by atoms with E-state index < -0.39 is 18.5 Å². The molecule has 3 heterocycles. The maximum Gasteiger partial charge on any atom is 0.323 e. The van der Waals surface area contributed by atoms with Crippen molar-refractivity contribution in [2.24, 2.45) is 0 Å². The predicted molar refractivity (Wildman–Crippen MR) is 113 cm³/mol. The fourth-order valence-corrected chi connectivity index (χ4v) is 4.23. The summed E-state index contributed by atoms with van der Waals surface area (Å²) in [5.74, 6) is -0.706. The molecular weight excluding hydrogens is 428 g/mol. The third kappa shape index (κ3) is 4.89. The number of aromatic nitrogens is 2. The summed E-state index contributed by atoms with van der Waals surface area (Å²) in [5, 5.41) is 21.5. The van der Waals surface area contributed by atoms with Crippen molar-refractivity contribution in [3.8, 4) is 0 Å². The number of urea groups is 1.